The highest BCUT2D eigenvalue weighted by Crippen LogP contribution is 2.38. The summed E-state index contributed by atoms with van der Waals surface area (Å²) >= 11 is 6.91. The number of benzene rings is 1. The van der Waals surface area contributed by atoms with Crippen molar-refractivity contribution in [3.63, 3.8) is 0 Å². The average molecular weight is 480 g/mol. The van der Waals surface area contributed by atoms with Gasteiger partial charge in [0.1, 0.15) is 11.4 Å². The number of aliphatic hydroxyl groups is 1. The molecule has 2 heterocycles. The molecule has 1 atom stereocenters. The Balaban J connectivity index is 2.06. The number of methoxy groups -OCH3 is 1. The molecule has 8 heteroatoms. The van der Waals surface area contributed by atoms with E-state index in [0.29, 0.717) is 42.6 Å². The van der Waals surface area contributed by atoms with Gasteiger partial charge in [-0.05, 0) is 52.1 Å². The van der Waals surface area contributed by atoms with Crippen LogP contribution in [0.15, 0.2) is 18.2 Å². The quantitative estimate of drug-likeness (QED) is 0.448. The molecule has 7 nitrogen and oxygen atoms in total. The summed E-state index contributed by atoms with van der Waals surface area (Å²) in [4.78, 5) is 16.0. The third kappa shape index (κ3) is 6.01. The predicted octanol–water partition coefficient (Wildman–Crippen LogP) is 4.09. The number of rotatable bonds is 12. The molecule has 3 rings (SSSR count). The summed E-state index contributed by atoms with van der Waals surface area (Å²) < 4.78 is 13.3. The van der Waals surface area contributed by atoms with E-state index in [1.54, 1.807) is 7.11 Å². The van der Waals surface area contributed by atoms with Gasteiger partial charge in [0.2, 0.25) is 0 Å². The molecule has 1 amide bonds. The van der Waals surface area contributed by atoms with E-state index in [9.17, 15) is 4.79 Å². The van der Waals surface area contributed by atoms with E-state index in [0.717, 1.165) is 49.7 Å². The van der Waals surface area contributed by atoms with Gasteiger partial charge in [0.15, 0.2) is 0 Å². The smallest absolute Gasteiger partial charge is 0.272 e. The van der Waals surface area contributed by atoms with E-state index >= 15 is 0 Å². The maximum absolute atomic E-state index is 14.1. The molecule has 1 aliphatic heterocycles. The van der Waals surface area contributed by atoms with Crippen LogP contribution >= 0.6 is 11.6 Å². The van der Waals surface area contributed by atoms with Gasteiger partial charge in [0, 0.05) is 57.3 Å². The largest absolute Gasteiger partial charge is 0.491 e. The maximum atomic E-state index is 14.1. The van der Waals surface area contributed by atoms with Gasteiger partial charge in [-0.1, -0.05) is 23.7 Å². The molecule has 0 bridgehead atoms. The SMILES string of the molecule is COCCCCn1c(C(=O)N(C(C)C)[C@@H]2CCCNC2)c(Cl)c2cccc(OCCCO)c21. The number of nitrogens with zero attached hydrogens (tertiary/aromatic N) is 2. The first-order valence-corrected chi connectivity index (χ1v) is 12.5. The fourth-order valence-corrected chi connectivity index (χ4v) is 5.00. The van der Waals surface area contributed by atoms with Crippen LogP contribution in [-0.4, -0.2) is 72.6 Å². The Labute approximate surface area is 202 Å². The van der Waals surface area contributed by atoms with Crippen molar-refractivity contribution in [1.82, 2.24) is 14.8 Å². The number of hydrogen-bond acceptors (Lipinski definition) is 5. The van der Waals surface area contributed by atoms with Crippen LogP contribution in [0.1, 0.15) is 56.4 Å². The van der Waals surface area contributed by atoms with E-state index in [1.165, 1.54) is 0 Å². The number of halogens is 1. The first-order chi connectivity index (χ1) is 16.0. The van der Waals surface area contributed by atoms with E-state index in [1.807, 2.05) is 27.7 Å². The monoisotopic (exact) mass is 479 g/mol. The summed E-state index contributed by atoms with van der Waals surface area (Å²) in [7, 11) is 1.70. The molecule has 2 N–H and O–H groups in total. The standard InChI is InChI=1S/C25H38ClN3O4/c1-18(2)29(19-9-7-12-27-17-19)25(31)24-22(26)20-10-6-11-21(33-16-8-14-30)23(20)28(24)13-4-5-15-32-3/h6,10-11,18-19,27,30H,4-5,7-9,12-17H2,1-3H3/t19-/m1/s1. The van der Waals surface area contributed by atoms with Gasteiger partial charge in [-0.3, -0.25) is 4.79 Å². The van der Waals surface area contributed by atoms with Crippen molar-refractivity contribution >= 4 is 28.4 Å². The molecule has 1 aromatic carbocycles. The van der Waals surface area contributed by atoms with Crippen LogP contribution in [0.3, 0.4) is 0 Å². The Morgan fingerprint density at radius 1 is 1.30 bits per heavy atom. The lowest BCUT2D eigenvalue weighted by Gasteiger charge is -2.38. The molecule has 0 spiro atoms. The van der Waals surface area contributed by atoms with Gasteiger partial charge in [-0.15, -0.1) is 0 Å². The average Bonchev–Trinajstić information content (AvgIpc) is 3.10. The summed E-state index contributed by atoms with van der Waals surface area (Å²) in [5, 5.41) is 13.9. The van der Waals surface area contributed by atoms with Crippen LogP contribution < -0.4 is 10.1 Å². The molecule has 184 valence electrons. The van der Waals surface area contributed by atoms with Crippen LogP contribution in [0.5, 0.6) is 5.75 Å². The second kappa shape index (κ2) is 12.6. The van der Waals surface area contributed by atoms with Crippen LogP contribution in [0.25, 0.3) is 10.9 Å². The van der Waals surface area contributed by atoms with Gasteiger partial charge >= 0.3 is 0 Å². The number of amides is 1. The molecule has 0 unspecified atom stereocenters. The summed E-state index contributed by atoms with van der Waals surface area (Å²) in [6.45, 7) is 7.70. The molecule has 0 radical (unpaired) electrons. The summed E-state index contributed by atoms with van der Waals surface area (Å²) in [6, 6.07) is 5.94. The van der Waals surface area contributed by atoms with E-state index in [4.69, 9.17) is 26.2 Å². The van der Waals surface area contributed by atoms with Crippen molar-refractivity contribution in [2.24, 2.45) is 0 Å². The van der Waals surface area contributed by atoms with Gasteiger partial charge in [0.05, 0.1) is 17.1 Å². The minimum absolute atomic E-state index is 0.0343. The Bertz CT molecular complexity index is 909. The zero-order valence-corrected chi connectivity index (χ0v) is 20.9. The molecule has 0 aliphatic carbocycles. The second-order valence-electron chi connectivity index (χ2n) is 8.90. The van der Waals surface area contributed by atoms with E-state index < -0.39 is 0 Å². The van der Waals surface area contributed by atoms with Crippen LogP contribution in [0, 0.1) is 0 Å². The van der Waals surface area contributed by atoms with Crippen molar-refractivity contribution in [2.75, 3.05) is 40.0 Å². The number of fused-ring (bicyclic) bond motifs is 1. The van der Waals surface area contributed by atoms with Crippen molar-refractivity contribution in [1.29, 1.82) is 0 Å². The number of aromatic nitrogens is 1. The maximum Gasteiger partial charge on any atom is 0.272 e. The van der Waals surface area contributed by atoms with Crippen molar-refractivity contribution in [3.05, 3.63) is 28.9 Å². The first kappa shape index (κ1) is 25.8. The Morgan fingerprint density at radius 2 is 2.12 bits per heavy atom. The third-order valence-electron chi connectivity index (χ3n) is 6.18. The zero-order valence-electron chi connectivity index (χ0n) is 20.1. The van der Waals surface area contributed by atoms with Gasteiger partial charge in [-0.25, -0.2) is 0 Å². The van der Waals surface area contributed by atoms with Gasteiger partial charge in [-0.2, -0.15) is 0 Å². The molecule has 1 aromatic heterocycles. The third-order valence-corrected chi connectivity index (χ3v) is 6.56. The predicted molar refractivity (Wildman–Crippen MR) is 132 cm³/mol. The Morgan fingerprint density at radius 3 is 2.79 bits per heavy atom. The highest BCUT2D eigenvalue weighted by molar-refractivity contribution is 6.39. The lowest BCUT2D eigenvalue weighted by Crippen LogP contribution is -2.52. The number of unbranched alkanes of at least 4 members (excludes halogenated alkanes) is 1. The number of aliphatic hydroxyl groups excluding tert-OH is 1. The fraction of sp³-hybridized carbons (Fsp3) is 0.640. The van der Waals surface area contributed by atoms with Crippen molar-refractivity contribution in [2.45, 2.75) is 64.6 Å². The highest BCUT2D eigenvalue weighted by Gasteiger charge is 2.33. The first-order valence-electron chi connectivity index (χ1n) is 12.1. The summed E-state index contributed by atoms with van der Waals surface area (Å²) in [5.41, 5.74) is 1.37. The number of aryl methyl sites for hydroxylation is 1. The molecule has 2 aromatic rings. The molecule has 1 saturated heterocycles. The highest BCUT2D eigenvalue weighted by atomic mass is 35.5. The number of carbonyl (C=O) groups excluding carboxylic acids is 1. The van der Waals surface area contributed by atoms with Crippen LogP contribution in [0.2, 0.25) is 5.02 Å². The number of hydrogen-bond donors (Lipinski definition) is 2. The lowest BCUT2D eigenvalue weighted by molar-refractivity contribution is 0.0562. The van der Waals surface area contributed by atoms with E-state index in [-0.39, 0.29) is 24.6 Å². The second-order valence-corrected chi connectivity index (χ2v) is 9.28. The molecule has 33 heavy (non-hydrogen) atoms. The minimum atomic E-state index is -0.0343. The lowest BCUT2D eigenvalue weighted by atomic mass is 10.0. The van der Waals surface area contributed by atoms with Crippen LogP contribution in [-0.2, 0) is 11.3 Å². The number of piperidine rings is 1. The van der Waals surface area contributed by atoms with Crippen molar-refractivity contribution < 1.29 is 19.4 Å². The number of ether oxygens (including phenoxy) is 2. The number of para-hydroxylation sites is 1. The fourth-order valence-electron chi connectivity index (χ4n) is 4.66. The Hall–Kier alpha value is -1.80. The van der Waals surface area contributed by atoms with Gasteiger partial charge < -0.3 is 29.4 Å². The number of carbonyl (C=O) groups is 1. The topological polar surface area (TPSA) is 76.0 Å². The van der Waals surface area contributed by atoms with Crippen molar-refractivity contribution in [3.8, 4) is 5.75 Å². The van der Waals surface area contributed by atoms with E-state index in [2.05, 4.69) is 19.2 Å². The molecular weight excluding hydrogens is 442 g/mol. The minimum Gasteiger partial charge on any atom is -0.491 e. The summed E-state index contributed by atoms with van der Waals surface area (Å²) in [6.07, 6.45) is 4.32. The summed E-state index contributed by atoms with van der Waals surface area (Å²) in [5.74, 6) is 0.650. The molecule has 0 saturated carbocycles. The molecular formula is C25H38ClN3O4. The normalized spacial score (nSPS) is 16.5. The zero-order chi connectivity index (χ0) is 23.8. The van der Waals surface area contributed by atoms with Gasteiger partial charge in [0.25, 0.3) is 5.91 Å². The Kier molecular flexibility index (Phi) is 9.86. The van der Waals surface area contributed by atoms with Crippen LogP contribution in [0.4, 0.5) is 0 Å². The number of nitrogens with one attached hydrogen (secondary N) is 1. The molecule has 1 aliphatic rings. The molecule has 1 fully saturated rings.